The first-order valence-electron chi connectivity index (χ1n) is 6.66. The molecule has 0 radical (unpaired) electrons. The van der Waals surface area contributed by atoms with Crippen LogP contribution in [0.2, 0.25) is 0 Å². The molecule has 2 N–H and O–H groups in total. The van der Waals surface area contributed by atoms with Gasteiger partial charge in [0.25, 0.3) is 0 Å². The Kier molecular flexibility index (Phi) is 5.44. The van der Waals surface area contributed by atoms with Crippen LogP contribution in [0.5, 0.6) is 0 Å². The Hall–Kier alpha value is -2.28. The number of rotatable bonds is 4. The predicted octanol–water partition coefficient (Wildman–Crippen LogP) is 4.00. The summed E-state index contributed by atoms with van der Waals surface area (Å²) < 4.78 is 27.5. The first-order chi connectivity index (χ1) is 10.9. The molecule has 0 aromatic heterocycles. The number of carbonyl (C=O) groups excluding carboxylic acids is 2. The van der Waals surface area contributed by atoms with Gasteiger partial charge < -0.3 is 10.6 Å². The molecule has 120 valence electrons. The standard InChI is InChI=1S/C16H13BrF2N2O2/c1-9-5-6-13(10(17)7-9)20-14(22)8-15(23)21-16-11(18)3-2-4-12(16)19/h2-7H,8H2,1H3,(H,20,22)(H,21,23). The highest BCUT2D eigenvalue weighted by Crippen LogP contribution is 2.23. The molecule has 7 heteroatoms. The molecular formula is C16H13BrF2N2O2. The Morgan fingerprint density at radius 1 is 1.04 bits per heavy atom. The lowest BCUT2D eigenvalue weighted by Crippen LogP contribution is -2.22. The minimum absolute atomic E-state index is 0.505. The number of anilines is 2. The number of halogens is 3. The van der Waals surface area contributed by atoms with Crippen molar-refractivity contribution >= 4 is 39.1 Å². The van der Waals surface area contributed by atoms with Crippen LogP contribution in [0.3, 0.4) is 0 Å². The van der Waals surface area contributed by atoms with Gasteiger partial charge in [0.15, 0.2) is 0 Å². The molecule has 23 heavy (non-hydrogen) atoms. The van der Waals surface area contributed by atoms with E-state index in [9.17, 15) is 18.4 Å². The van der Waals surface area contributed by atoms with Crippen LogP contribution >= 0.6 is 15.9 Å². The van der Waals surface area contributed by atoms with Crippen LogP contribution in [-0.2, 0) is 9.59 Å². The van der Waals surface area contributed by atoms with E-state index in [0.717, 1.165) is 17.7 Å². The fourth-order valence-corrected chi connectivity index (χ4v) is 2.45. The Balaban J connectivity index is 1.99. The van der Waals surface area contributed by atoms with Gasteiger partial charge in [0.2, 0.25) is 11.8 Å². The smallest absolute Gasteiger partial charge is 0.233 e. The Morgan fingerprint density at radius 3 is 2.26 bits per heavy atom. The predicted molar refractivity (Wildman–Crippen MR) is 87.1 cm³/mol. The van der Waals surface area contributed by atoms with Gasteiger partial charge in [0.1, 0.15) is 23.7 Å². The van der Waals surface area contributed by atoms with Crippen LogP contribution in [0.15, 0.2) is 40.9 Å². The van der Waals surface area contributed by atoms with E-state index in [1.165, 1.54) is 6.07 Å². The molecule has 2 rings (SSSR count). The first-order valence-corrected chi connectivity index (χ1v) is 7.46. The highest BCUT2D eigenvalue weighted by atomic mass is 79.9. The summed E-state index contributed by atoms with van der Waals surface area (Å²) in [4.78, 5) is 23.6. The zero-order valence-corrected chi connectivity index (χ0v) is 13.7. The maximum absolute atomic E-state index is 13.4. The summed E-state index contributed by atoms with van der Waals surface area (Å²) in [6.45, 7) is 1.90. The Bertz CT molecular complexity index is 745. The summed E-state index contributed by atoms with van der Waals surface area (Å²) in [5, 5.41) is 4.61. The van der Waals surface area contributed by atoms with E-state index in [2.05, 4.69) is 26.6 Å². The van der Waals surface area contributed by atoms with Crippen molar-refractivity contribution in [3.63, 3.8) is 0 Å². The van der Waals surface area contributed by atoms with Gasteiger partial charge in [-0.1, -0.05) is 12.1 Å². The van der Waals surface area contributed by atoms with Crippen molar-refractivity contribution < 1.29 is 18.4 Å². The maximum atomic E-state index is 13.4. The van der Waals surface area contributed by atoms with Crippen LogP contribution in [-0.4, -0.2) is 11.8 Å². The topological polar surface area (TPSA) is 58.2 Å². The number of benzene rings is 2. The molecule has 0 atom stereocenters. The van der Waals surface area contributed by atoms with Gasteiger partial charge in [-0.3, -0.25) is 9.59 Å². The van der Waals surface area contributed by atoms with Crippen molar-refractivity contribution in [2.75, 3.05) is 10.6 Å². The van der Waals surface area contributed by atoms with Crippen LogP contribution in [0.25, 0.3) is 0 Å². The van der Waals surface area contributed by atoms with Gasteiger partial charge in [-0.15, -0.1) is 0 Å². The van der Waals surface area contributed by atoms with Crippen LogP contribution in [0, 0.1) is 18.6 Å². The number of para-hydroxylation sites is 1. The summed E-state index contributed by atoms with van der Waals surface area (Å²) in [5.74, 6) is -3.21. The van der Waals surface area contributed by atoms with Gasteiger partial charge in [-0.05, 0) is 52.7 Å². The van der Waals surface area contributed by atoms with Gasteiger partial charge in [-0.2, -0.15) is 0 Å². The molecule has 2 aromatic carbocycles. The third-order valence-corrected chi connectivity index (χ3v) is 3.60. The number of amides is 2. The average molecular weight is 383 g/mol. The monoisotopic (exact) mass is 382 g/mol. The normalized spacial score (nSPS) is 10.3. The van der Waals surface area contributed by atoms with Gasteiger partial charge >= 0.3 is 0 Å². The van der Waals surface area contributed by atoms with Crippen molar-refractivity contribution in [1.82, 2.24) is 0 Å². The van der Waals surface area contributed by atoms with Crippen LogP contribution < -0.4 is 10.6 Å². The first kappa shape index (κ1) is 17.1. The van der Waals surface area contributed by atoms with E-state index >= 15 is 0 Å². The number of hydrogen-bond donors (Lipinski definition) is 2. The SMILES string of the molecule is Cc1ccc(NC(=O)CC(=O)Nc2c(F)cccc2F)c(Br)c1. The molecule has 2 aromatic rings. The van der Waals surface area contributed by atoms with E-state index in [4.69, 9.17) is 0 Å². The molecule has 0 saturated carbocycles. The van der Waals surface area contributed by atoms with E-state index in [1.807, 2.05) is 13.0 Å². The third-order valence-electron chi connectivity index (χ3n) is 2.95. The van der Waals surface area contributed by atoms with Crippen molar-refractivity contribution in [3.05, 3.63) is 58.1 Å². The minimum Gasteiger partial charge on any atom is -0.325 e. The second kappa shape index (κ2) is 7.32. The van der Waals surface area contributed by atoms with Crippen LogP contribution in [0.1, 0.15) is 12.0 Å². The second-order valence-electron chi connectivity index (χ2n) is 4.85. The number of nitrogens with one attached hydrogen (secondary N) is 2. The molecule has 0 saturated heterocycles. The molecule has 0 heterocycles. The lowest BCUT2D eigenvalue weighted by Gasteiger charge is -2.09. The molecule has 0 aliphatic heterocycles. The highest BCUT2D eigenvalue weighted by Gasteiger charge is 2.15. The fourth-order valence-electron chi connectivity index (χ4n) is 1.86. The van der Waals surface area contributed by atoms with E-state index in [0.29, 0.717) is 10.2 Å². The maximum Gasteiger partial charge on any atom is 0.233 e. The summed E-state index contributed by atoms with van der Waals surface area (Å²) in [6.07, 6.45) is -0.561. The Labute approximate surface area is 140 Å². The third kappa shape index (κ3) is 4.59. The quantitative estimate of drug-likeness (QED) is 0.785. The molecule has 0 unspecified atom stereocenters. The van der Waals surface area contributed by atoms with Gasteiger partial charge in [0, 0.05) is 4.47 Å². The Morgan fingerprint density at radius 2 is 1.65 bits per heavy atom. The molecule has 0 fully saturated rings. The zero-order valence-electron chi connectivity index (χ0n) is 12.1. The van der Waals surface area contributed by atoms with Crippen LogP contribution in [0.4, 0.5) is 20.2 Å². The lowest BCUT2D eigenvalue weighted by atomic mass is 10.2. The van der Waals surface area contributed by atoms with E-state index in [1.54, 1.807) is 12.1 Å². The molecule has 0 aliphatic carbocycles. The summed E-state index contributed by atoms with van der Waals surface area (Å²) in [6, 6.07) is 8.51. The second-order valence-corrected chi connectivity index (χ2v) is 5.71. The van der Waals surface area contributed by atoms with Gasteiger partial charge in [-0.25, -0.2) is 8.78 Å². The zero-order chi connectivity index (χ0) is 17.0. The van der Waals surface area contributed by atoms with E-state index in [-0.39, 0.29) is 0 Å². The minimum atomic E-state index is -0.903. The van der Waals surface area contributed by atoms with Crippen molar-refractivity contribution in [1.29, 1.82) is 0 Å². The number of hydrogen-bond acceptors (Lipinski definition) is 2. The van der Waals surface area contributed by atoms with Crippen molar-refractivity contribution in [3.8, 4) is 0 Å². The molecule has 0 aliphatic rings. The summed E-state index contributed by atoms with van der Waals surface area (Å²) in [5.41, 5.74) is 0.940. The average Bonchev–Trinajstić information content (AvgIpc) is 2.46. The highest BCUT2D eigenvalue weighted by molar-refractivity contribution is 9.10. The molecule has 0 bridgehead atoms. The van der Waals surface area contributed by atoms with Crippen molar-refractivity contribution in [2.24, 2.45) is 0 Å². The molecule has 4 nitrogen and oxygen atoms in total. The van der Waals surface area contributed by atoms with Gasteiger partial charge in [0.05, 0.1) is 5.69 Å². The molecule has 2 amide bonds. The summed E-state index contributed by atoms with van der Waals surface area (Å²) in [7, 11) is 0. The fraction of sp³-hybridized carbons (Fsp3) is 0.125. The molecule has 0 spiro atoms. The van der Waals surface area contributed by atoms with Crippen molar-refractivity contribution in [2.45, 2.75) is 13.3 Å². The summed E-state index contributed by atoms with van der Waals surface area (Å²) >= 11 is 3.30. The number of aryl methyl sites for hydroxylation is 1. The lowest BCUT2D eigenvalue weighted by molar-refractivity contribution is -0.123. The van der Waals surface area contributed by atoms with E-state index < -0.39 is 35.6 Å². The molecular weight excluding hydrogens is 370 g/mol. The number of carbonyl (C=O) groups is 2. The largest absolute Gasteiger partial charge is 0.325 e.